The Balaban J connectivity index is 2.34. The first-order valence-corrected chi connectivity index (χ1v) is 5.21. The number of hydrogen-bond acceptors (Lipinski definition) is 1. The zero-order chi connectivity index (χ0) is 8.98. The highest BCUT2D eigenvalue weighted by molar-refractivity contribution is 5.13. The second kappa shape index (κ2) is 2.25. The summed E-state index contributed by atoms with van der Waals surface area (Å²) < 4.78 is 0. The Hall–Kier alpha value is -0.0400. The van der Waals surface area contributed by atoms with Crippen LogP contribution in [0.4, 0.5) is 0 Å². The van der Waals surface area contributed by atoms with Gasteiger partial charge < -0.3 is 5.32 Å². The minimum absolute atomic E-state index is 0.399. The molecule has 0 aromatic heterocycles. The van der Waals surface area contributed by atoms with Crippen molar-refractivity contribution in [2.75, 3.05) is 7.05 Å². The molecule has 2 rings (SSSR count). The second-order valence-electron chi connectivity index (χ2n) is 5.38. The third-order valence-corrected chi connectivity index (χ3v) is 5.13. The monoisotopic (exact) mass is 167 g/mol. The van der Waals surface area contributed by atoms with Gasteiger partial charge in [-0.2, -0.15) is 0 Å². The molecule has 1 heteroatoms. The van der Waals surface area contributed by atoms with Crippen molar-refractivity contribution >= 4 is 0 Å². The van der Waals surface area contributed by atoms with Gasteiger partial charge in [0.2, 0.25) is 0 Å². The van der Waals surface area contributed by atoms with E-state index >= 15 is 0 Å². The van der Waals surface area contributed by atoms with Crippen molar-refractivity contribution < 1.29 is 0 Å². The van der Waals surface area contributed by atoms with Crippen LogP contribution in [0.1, 0.15) is 40.0 Å². The smallest absolute Gasteiger partial charge is 0.0232 e. The number of nitrogens with one attached hydrogen (secondary N) is 1. The molecule has 0 saturated heterocycles. The van der Waals surface area contributed by atoms with E-state index in [4.69, 9.17) is 0 Å². The van der Waals surface area contributed by atoms with E-state index in [0.717, 1.165) is 11.8 Å². The summed E-state index contributed by atoms with van der Waals surface area (Å²) in [5, 5.41) is 3.56. The van der Waals surface area contributed by atoms with Gasteiger partial charge in [-0.05, 0) is 50.5 Å². The Kier molecular flexibility index (Phi) is 1.61. The minimum atomic E-state index is 0.399. The lowest BCUT2D eigenvalue weighted by Crippen LogP contribution is -2.55. The molecule has 2 fully saturated rings. The molecule has 0 aromatic carbocycles. The molecule has 0 heterocycles. The summed E-state index contributed by atoms with van der Waals surface area (Å²) in [5.74, 6) is 1.91. The highest BCUT2D eigenvalue weighted by Gasteiger charge is 2.59. The quantitative estimate of drug-likeness (QED) is 0.632. The van der Waals surface area contributed by atoms with E-state index in [1.165, 1.54) is 19.3 Å². The molecule has 0 amide bonds. The van der Waals surface area contributed by atoms with Crippen LogP contribution in [0.15, 0.2) is 0 Å². The SMILES string of the molecule is CN[C@@]1(C)[C@@H]2CC[C@H](C2)C1(C)C. The van der Waals surface area contributed by atoms with Crippen LogP contribution in [-0.4, -0.2) is 12.6 Å². The zero-order valence-corrected chi connectivity index (χ0v) is 8.78. The molecule has 0 unspecified atom stereocenters. The summed E-state index contributed by atoms with van der Waals surface area (Å²) in [7, 11) is 2.13. The van der Waals surface area contributed by atoms with E-state index in [2.05, 4.69) is 33.1 Å². The standard InChI is InChI=1S/C11H21N/c1-10(2)8-5-6-9(7-8)11(10,3)12-4/h8-9,12H,5-7H2,1-4H3/t8-,9-,11+/m1/s1. The summed E-state index contributed by atoms with van der Waals surface area (Å²) >= 11 is 0. The van der Waals surface area contributed by atoms with Crippen molar-refractivity contribution in [2.45, 2.75) is 45.6 Å². The molecule has 0 spiro atoms. The molecule has 0 aliphatic heterocycles. The topological polar surface area (TPSA) is 12.0 Å². The lowest BCUT2D eigenvalue weighted by Gasteiger charge is -2.47. The average molecular weight is 167 g/mol. The Bertz CT molecular complexity index is 197. The van der Waals surface area contributed by atoms with E-state index < -0.39 is 0 Å². The fraction of sp³-hybridized carbons (Fsp3) is 1.00. The van der Waals surface area contributed by atoms with Gasteiger partial charge in [0.25, 0.3) is 0 Å². The van der Waals surface area contributed by atoms with Gasteiger partial charge in [0.05, 0.1) is 0 Å². The van der Waals surface area contributed by atoms with Crippen LogP contribution in [0.25, 0.3) is 0 Å². The van der Waals surface area contributed by atoms with E-state index in [9.17, 15) is 0 Å². The third-order valence-electron chi connectivity index (χ3n) is 5.13. The average Bonchev–Trinajstić information content (AvgIpc) is 2.55. The Labute approximate surface area is 75.9 Å². The van der Waals surface area contributed by atoms with E-state index in [-0.39, 0.29) is 0 Å². The molecule has 2 saturated carbocycles. The summed E-state index contributed by atoms with van der Waals surface area (Å²) in [6.45, 7) is 7.29. The van der Waals surface area contributed by atoms with Crippen molar-refractivity contribution in [2.24, 2.45) is 17.3 Å². The normalized spacial score (nSPS) is 50.0. The van der Waals surface area contributed by atoms with Crippen molar-refractivity contribution in [1.82, 2.24) is 5.32 Å². The lowest BCUT2D eigenvalue weighted by molar-refractivity contribution is 0.0732. The van der Waals surface area contributed by atoms with Gasteiger partial charge in [-0.1, -0.05) is 13.8 Å². The molecule has 70 valence electrons. The second-order valence-corrected chi connectivity index (χ2v) is 5.38. The van der Waals surface area contributed by atoms with Gasteiger partial charge in [-0.15, -0.1) is 0 Å². The summed E-state index contributed by atoms with van der Waals surface area (Å²) in [5.41, 5.74) is 0.903. The predicted molar refractivity (Wildman–Crippen MR) is 52.1 cm³/mol. The molecular formula is C11H21N. The largest absolute Gasteiger partial charge is 0.314 e. The summed E-state index contributed by atoms with van der Waals surface area (Å²) in [6, 6.07) is 0. The van der Waals surface area contributed by atoms with Crippen molar-refractivity contribution in [3.05, 3.63) is 0 Å². The van der Waals surface area contributed by atoms with Crippen LogP contribution in [0.5, 0.6) is 0 Å². The molecule has 0 aromatic rings. The fourth-order valence-electron chi connectivity index (χ4n) is 3.64. The van der Waals surface area contributed by atoms with Crippen molar-refractivity contribution in [1.29, 1.82) is 0 Å². The Morgan fingerprint density at radius 1 is 1.08 bits per heavy atom. The van der Waals surface area contributed by atoms with Gasteiger partial charge in [0.15, 0.2) is 0 Å². The van der Waals surface area contributed by atoms with E-state index in [1.807, 2.05) is 0 Å². The van der Waals surface area contributed by atoms with Crippen molar-refractivity contribution in [3.63, 3.8) is 0 Å². The molecule has 12 heavy (non-hydrogen) atoms. The number of fused-ring (bicyclic) bond motifs is 2. The van der Waals surface area contributed by atoms with Crippen LogP contribution in [-0.2, 0) is 0 Å². The summed E-state index contributed by atoms with van der Waals surface area (Å²) in [4.78, 5) is 0. The molecule has 1 N–H and O–H groups in total. The maximum absolute atomic E-state index is 3.56. The minimum Gasteiger partial charge on any atom is -0.314 e. The first kappa shape index (κ1) is 8.55. The molecule has 1 nitrogen and oxygen atoms in total. The molecule has 0 radical (unpaired) electrons. The van der Waals surface area contributed by atoms with E-state index in [1.54, 1.807) is 0 Å². The number of hydrogen-bond donors (Lipinski definition) is 1. The zero-order valence-electron chi connectivity index (χ0n) is 8.78. The van der Waals surface area contributed by atoms with Gasteiger partial charge in [-0.3, -0.25) is 0 Å². The van der Waals surface area contributed by atoms with Crippen LogP contribution >= 0.6 is 0 Å². The first-order valence-electron chi connectivity index (χ1n) is 5.21. The first-order chi connectivity index (χ1) is 5.52. The Morgan fingerprint density at radius 3 is 2.00 bits per heavy atom. The lowest BCUT2D eigenvalue weighted by atomic mass is 9.64. The van der Waals surface area contributed by atoms with Gasteiger partial charge >= 0.3 is 0 Å². The van der Waals surface area contributed by atoms with Gasteiger partial charge in [0, 0.05) is 5.54 Å². The predicted octanol–water partition coefficient (Wildman–Crippen LogP) is 2.42. The van der Waals surface area contributed by atoms with E-state index in [0.29, 0.717) is 11.0 Å². The summed E-state index contributed by atoms with van der Waals surface area (Å²) in [6.07, 6.45) is 4.38. The maximum atomic E-state index is 3.56. The molecule has 2 aliphatic carbocycles. The third kappa shape index (κ3) is 0.736. The van der Waals surface area contributed by atoms with Crippen LogP contribution in [0, 0.1) is 17.3 Å². The molecule has 2 aliphatic rings. The van der Waals surface area contributed by atoms with Gasteiger partial charge in [0.1, 0.15) is 0 Å². The van der Waals surface area contributed by atoms with Crippen LogP contribution in [0.3, 0.4) is 0 Å². The Morgan fingerprint density at radius 2 is 1.67 bits per heavy atom. The van der Waals surface area contributed by atoms with Crippen LogP contribution < -0.4 is 5.32 Å². The number of rotatable bonds is 1. The highest BCUT2D eigenvalue weighted by atomic mass is 15.0. The molecule has 2 bridgehead atoms. The molecule has 3 atom stereocenters. The molecular weight excluding hydrogens is 146 g/mol. The van der Waals surface area contributed by atoms with Crippen LogP contribution in [0.2, 0.25) is 0 Å². The van der Waals surface area contributed by atoms with Gasteiger partial charge in [-0.25, -0.2) is 0 Å². The van der Waals surface area contributed by atoms with Crippen molar-refractivity contribution in [3.8, 4) is 0 Å². The highest BCUT2D eigenvalue weighted by Crippen LogP contribution is 2.60. The fourth-order valence-corrected chi connectivity index (χ4v) is 3.64. The maximum Gasteiger partial charge on any atom is 0.0232 e.